The summed E-state index contributed by atoms with van der Waals surface area (Å²) in [5, 5.41) is 0. The minimum Gasteiger partial charge on any atom is -0.341 e. The SMILES string of the molecule is CC1(C)C2CCC1(c1nc3ccccc3[nH]1)C(=O)C2. The van der Waals surface area contributed by atoms with Gasteiger partial charge in [0, 0.05) is 6.42 Å². The van der Waals surface area contributed by atoms with Gasteiger partial charge in [0.25, 0.3) is 0 Å². The first-order chi connectivity index (χ1) is 9.05. The summed E-state index contributed by atoms with van der Waals surface area (Å²) in [7, 11) is 0. The molecule has 2 aliphatic rings. The highest BCUT2D eigenvalue weighted by molar-refractivity contribution is 5.95. The predicted molar refractivity (Wildman–Crippen MR) is 73.9 cm³/mol. The molecule has 0 aliphatic heterocycles. The molecule has 2 atom stereocenters. The number of rotatable bonds is 1. The standard InChI is InChI=1S/C16H18N2O/c1-15(2)10-7-8-16(15,13(19)9-10)14-17-11-5-3-4-6-12(11)18-14/h3-6,10H,7-9H2,1-2H3,(H,17,18). The van der Waals surface area contributed by atoms with Gasteiger partial charge in [-0.05, 0) is 36.3 Å². The Labute approximate surface area is 112 Å². The fourth-order valence-electron chi connectivity index (χ4n) is 4.39. The molecule has 1 heterocycles. The van der Waals surface area contributed by atoms with Crippen molar-refractivity contribution in [3.8, 4) is 0 Å². The topological polar surface area (TPSA) is 45.8 Å². The minimum absolute atomic E-state index is 0.0258. The highest BCUT2D eigenvalue weighted by Crippen LogP contribution is 2.63. The first kappa shape index (κ1) is 11.2. The van der Waals surface area contributed by atoms with E-state index in [2.05, 4.69) is 18.8 Å². The van der Waals surface area contributed by atoms with Gasteiger partial charge in [0.15, 0.2) is 0 Å². The largest absolute Gasteiger partial charge is 0.341 e. The van der Waals surface area contributed by atoms with Gasteiger partial charge < -0.3 is 4.98 Å². The molecule has 2 fully saturated rings. The van der Waals surface area contributed by atoms with E-state index in [9.17, 15) is 4.79 Å². The molecule has 1 aromatic carbocycles. The predicted octanol–water partition coefficient (Wildman–Crippen LogP) is 3.21. The third-order valence-electron chi connectivity index (χ3n) is 5.69. The van der Waals surface area contributed by atoms with E-state index in [0.717, 1.165) is 36.1 Å². The van der Waals surface area contributed by atoms with Crippen molar-refractivity contribution in [1.29, 1.82) is 0 Å². The summed E-state index contributed by atoms with van der Waals surface area (Å²) >= 11 is 0. The Bertz CT molecular complexity index is 652. The van der Waals surface area contributed by atoms with E-state index in [1.54, 1.807) is 0 Å². The van der Waals surface area contributed by atoms with Crippen molar-refractivity contribution in [3.05, 3.63) is 30.1 Å². The third-order valence-corrected chi connectivity index (χ3v) is 5.69. The number of aromatic amines is 1. The number of nitrogens with one attached hydrogen (secondary N) is 1. The van der Waals surface area contributed by atoms with Gasteiger partial charge in [-0.1, -0.05) is 26.0 Å². The number of carbonyl (C=O) groups is 1. The van der Waals surface area contributed by atoms with Gasteiger partial charge in [-0.3, -0.25) is 4.79 Å². The second-order valence-corrected chi connectivity index (χ2v) is 6.59. The van der Waals surface area contributed by atoms with Crippen molar-refractivity contribution in [3.63, 3.8) is 0 Å². The van der Waals surface area contributed by atoms with E-state index in [1.165, 1.54) is 0 Å². The van der Waals surface area contributed by atoms with Crippen LogP contribution in [0.3, 0.4) is 0 Å². The number of para-hydroxylation sites is 2. The number of hydrogen-bond donors (Lipinski definition) is 1. The highest BCUT2D eigenvalue weighted by Gasteiger charge is 2.66. The number of hydrogen-bond acceptors (Lipinski definition) is 2. The molecule has 2 aromatic rings. The fourth-order valence-corrected chi connectivity index (χ4v) is 4.39. The smallest absolute Gasteiger partial charge is 0.147 e. The van der Waals surface area contributed by atoms with Crippen molar-refractivity contribution in [1.82, 2.24) is 9.97 Å². The Hall–Kier alpha value is -1.64. The molecule has 1 aromatic heterocycles. The summed E-state index contributed by atoms with van der Waals surface area (Å²) in [6.45, 7) is 4.48. The lowest BCUT2D eigenvalue weighted by molar-refractivity contribution is -0.124. The zero-order valence-electron chi connectivity index (χ0n) is 11.4. The second-order valence-electron chi connectivity index (χ2n) is 6.59. The van der Waals surface area contributed by atoms with Crippen molar-refractivity contribution in [2.24, 2.45) is 11.3 Å². The molecule has 2 bridgehead atoms. The quantitative estimate of drug-likeness (QED) is 0.849. The number of nitrogens with zero attached hydrogens (tertiary/aromatic N) is 1. The van der Waals surface area contributed by atoms with Gasteiger partial charge in [-0.2, -0.15) is 0 Å². The van der Waals surface area contributed by atoms with Crippen LogP contribution >= 0.6 is 0 Å². The summed E-state index contributed by atoms with van der Waals surface area (Å²) in [6.07, 6.45) is 2.82. The van der Waals surface area contributed by atoms with Gasteiger partial charge in [0.2, 0.25) is 0 Å². The number of carbonyl (C=O) groups excluding carboxylic acids is 1. The number of benzene rings is 1. The molecule has 1 N–H and O–H groups in total. The average molecular weight is 254 g/mol. The molecule has 0 amide bonds. The maximum absolute atomic E-state index is 12.6. The zero-order valence-corrected chi connectivity index (χ0v) is 11.4. The lowest BCUT2D eigenvalue weighted by Gasteiger charge is -2.34. The van der Waals surface area contributed by atoms with Gasteiger partial charge >= 0.3 is 0 Å². The minimum atomic E-state index is -0.378. The lowest BCUT2D eigenvalue weighted by atomic mass is 9.68. The molecule has 2 unspecified atom stereocenters. The fraction of sp³-hybridized carbons (Fsp3) is 0.500. The van der Waals surface area contributed by atoms with Gasteiger partial charge in [-0.25, -0.2) is 4.98 Å². The number of H-pyrrole nitrogens is 1. The summed E-state index contributed by atoms with van der Waals surface area (Å²) < 4.78 is 0. The molecule has 0 saturated heterocycles. The monoisotopic (exact) mass is 254 g/mol. The van der Waals surface area contributed by atoms with Crippen LogP contribution in [-0.4, -0.2) is 15.8 Å². The lowest BCUT2D eigenvalue weighted by Crippen LogP contribution is -2.41. The number of ketones is 1. The molecule has 3 nitrogen and oxygen atoms in total. The number of aromatic nitrogens is 2. The normalized spacial score (nSPS) is 32.3. The number of fused-ring (bicyclic) bond motifs is 3. The Kier molecular flexibility index (Phi) is 1.93. The Morgan fingerprint density at radius 2 is 2.11 bits per heavy atom. The molecular formula is C16H18N2O. The molecule has 19 heavy (non-hydrogen) atoms. The van der Waals surface area contributed by atoms with Gasteiger partial charge in [-0.15, -0.1) is 0 Å². The highest BCUT2D eigenvalue weighted by atomic mass is 16.1. The molecule has 3 heteroatoms. The Balaban J connectivity index is 1.97. The molecule has 2 saturated carbocycles. The second kappa shape index (κ2) is 3.27. The zero-order chi connectivity index (χ0) is 13.3. The summed E-state index contributed by atoms with van der Waals surface area (Å²) in [5.41, 5.74) is 1.64. The van der Waals surface area contributed by atoms with E-state index >= 15 is 0 Å². The van der Waals surface area contributed by atoms with Crippen molar-refractivity contribution in [2.45, 2.75) is 38.5 Å². The van der Waals surface area contributed by atoms with E-state index in [-0.39, 0.29) is 10.8 Å². The first-order valence-corrected chi connectivity index (χ1v) is 7.04. The van der Waals surface area contributed by atoms with Crippen LogP contribution in [0, 0.1) is 11.3 Å². The summed E-state index contributed by atoms with van der Waals surface area (Å²) in [5.74, 6) is 1.80. The third kappa shape index (κ3) is 1.14. The van der Waals surface area contributed by atoms with Gasteiger partial charge in [0.05, 0.1) is 16.4 Å². The molecule has 98 valence electrons. The van der Waals surface area contributed by atoms with Crippen LogP contribution in [-0.2, 0) is 10.2 Å². The molecular weight excluding hydrogens is 236 g/mol. The van der Waals surface area contributed by atoms with Crippen LogP contribution in [0.1, 0.15) is 38.9 Å². The Morgan fingerprint density at radius 3 is 2.74 bits per heavy atom. The molecule has 0 radical (unpaired) electrons. The van der Waals surface area contributed by atoms with Crippen LogP contribution < -0.4 is 0 Å². The summed E-state index contributed by atoms with van der Waals surface area (Å²) in [4.78, 5) is 20.7. The van der Waals surface area contributed by atoms with E-state index in [0.29, 0.717) is 11.7 Å². The van der Waals surface area contributed by atoms with Crippen LogP contribution in [0.2, 0.25) is 0 Å². The first-order valence-electron chi connectivity index (χ1n) is 7.04. The van der Waals surface area contributed by atoms with Crippen LogP contribution in [0.5, 0.6) is 0 Å². The Morgan fingerprint density at radius 1 is 1.32 bits per heavy atom. The van der Waals surface area contributed by atoms with Crippen LogP contribution in [0.25, 0.3) is 11.0 Å². The molecule has 0 spiro atoms. The van der Waals surface area contributed by atoms with Crippen molar-refractivity contribution >= 4 is 16.8 Å². The number of Topliss-reactive ketones (excluding diaryl/α,β-unsaturated/α-hetero) is 1. The van der Waals surface area contributed by atoms with Crippen molar-refractivity contribution < 1.29 is 4.79 Å². The van der Waals surface area contributed by atoms with Crippen LogP contribution in [0.4, 0.5) is 0 Å². The maximum atomic E-state index is 12.6. The molecule has 4 rings (SSSR count). The molecule has 2 aliphatic carbocycles. The maximum Gasteiger partial charge on any atom is 0.147 e. The van der Waals surface area contributed by atoms with E-state index < -0.39 is 0 Å². The van der Waals surface area contributed by atoms with E-state index in [4.69, 9.17) is 4.98 Å². The van der Waals surface area contributed by atoms with E-state index in [1.807, 2.05) is 24.3 Å². The number of imidazole rings is 1. The summed E-state index contributed by atoms with van der Waals surface area (Å²) in [6, 6.07) is 8.02. The van der Waals surface area contributed by atoms with Gasteiger partial charge in [0.1, 0.15) is 11.6 Å². The average Bonchev–Trinajstić information content (AvgIpc) is 2.96. The van der Waals surface area contributed by atoms with Crippen molar-refractivity contribution in [2.75, 3.05) is 0 Å². The van der Waals surface area contributed by atoms with Crippen LogP contribution in [0.15, 0.2) is 24.3 Å².